The number of halogens is 3. The number of aromatic nitrogens is 3. The van der Waals surface area contributed by atoms with E-state index in [0.717, 1.165) is 0 Å². The number of hydrogen-bond acceptors (Lipinski definition) is 5. The van der Waals surface area contributed by atoms with Crippen LogP contribution in [-0.4, -0.2) is 31.3 Å². The molecule has 2 aromatic heterocycles. The van der Waals surface area contributed by atoms with Crippen molar-refractivity contribution in [3.05, 3.63) is 64.3 Å². The molecule has 29 heavy (non-hydrogen) atoms. The number of rotatable bonds is 3. The van der Waals surface area contributed by atoms with Gasteiger partial charge in [-0.25, -0.2) is 5.10 Å². The predicted molar refractivity (Wildman–Crippen MR) is 114 cm³/mol. The Balaban J connectivity index is 0.00000240. The molecule has 1 amide bonds. The van der Waals surface area contributed by atoms with E-state index in [4.69, 9.17) is 23.2 Å². The molecule has 0 atom stereocenters. The quantitative estimate of drug-likeness (QED) is 0.349. The van der Waals surface area contributed by atoms with Gasteiger partial charge in [0.05, 0.1) is 26.8 Å². The highest BCUT2D eigenvalue weighted by atomic mass is 35.5. The first-order valence-electron chi connectivity index (χ1n) is 8.07. The fraction of sp³-hybridized carbons (Fsp3) is 0. The van der Waals surface area contributed by atoms with Crippen LogP contribution in [0.15, 0.2) is 48.7 Å². The van der Waals surface area contributed by atoms with E-state index in [-0.39, 0.29) is 45.3 Å². The summed E-state index contributed by atoms with van der Waals surface area (Å²) < 4.78 is 0. The molecule has 10 heteroatoms. The monoisotopic (exact) mass is 450 g/mol. The van der Waals surface area contributed by atoms with Crippen LogP contribution in [0.3, 0.4) is 0 Å². The van der Waals surface area contributed by atoms with E-state index in [1.54, 1.807) is 42.5 Å². The Morgan fingerprint density at radius 2 is 1.72 bits per heavy atom. The lowest BCUT2D eigenvalue weighted by atomic mass is 10.0. The van der Waals surface area contributed by atoms with E-state index in [1.807, 2.05) is 0 Å². The molecule has 4 rings (SSSR count). The molecule has 0 radical (unpaired) electrons. The first-order chi connectivity index (χ1) is 13.5. The Kier molecular flexibility index (Phi) is 5.83. The third kappa shape index (κ3) is 3.67. The molecule has 0 aliphatic carbocycles. The normalized spacial score (nSPS) is 10.6. The fourth-order valence-corrected chi connectivity index (χ4v) is 3.54. The molecule has 4 aromatic rings. The highest BCUT2D eigenvalue weighted by Crippen LogP contribution is 2.39. The van der Waals surface area contributed by atoms with Gasteiger partial charge in [-0.2, -0.15) is 0 Å². The van der Waals surface area contributed by atoms with Gasteiger partial charge in [0.25, 0.3) is 5.91 Å². The number of benzene rings is 2. The SMILES string of the molecule is Cl.O=C(Nc1cccc2c(-c3c(O)n[nH]c3O)ccnc12)c1c(Cl)cccc1Cl. The maximum atomic E-state index is 12.7. The summed E-state index contributed by atoms with van der Waals surface area (Å²) in [7, 11) is 0. The lowest BCUT2D eigenvalue weighted by molar-refractivity contribution is 0.102. The average molecular weight is 452 g/mol. The van der Waals surface area contributed by atoms with Gasteiger partial charge in [0.1, 0.15) is 5.56 Å². The molecule has 2 heterocycles. The minimum atomic E-state index is -0.482. The molecule has 0 spiro atoms. The lowest BCUT2D eigenvalue weighted by Crippen LogP contribution is -2.13. The molecule has 0 fully saturated rings. The van der Waals surface area contributed by atoms with Crippen molar-refractivity contribution < 1.29 is 15.0 Å². The van der Waals surface area contributed by atoms with Gasteiger partial charge >= 0.3 is 0 Å². The van der Waals surface area contributed by atoms with Crippen molar-refractivity contribution >= 4 is 58.1 Å². The summed E-state index contributed by atoms with van der Waals surface area (Å²) >= 11 is 12.2. The van der Waals surface area contributed by atoms with E-state index < -0.39 is 5.91 Å². The summed E-state index contributed by atoms with van der Waals surface area (Å²) in [6.45, 7) is 0. The number of amides is 1. The topological polar surface area (TPSA) is 111 Å². The van der Waals surface area contributed by atoms with E-state index in [2.05, 4.69) is 20.5 Å². The highest BCUT2D eigenvalue weighted by Gasteiger charge is 2.19. The summed E-state index contributed by atoms with van der Waals surface area (Å²) in [5, 5.41) is 29.6. The zero-order chi connectivity index (χ0) is 19.8. The van der Waals surface area contributed by atoms with E-state index >= 15 is 0 Å². The summed E-state index contributed by atoms with van der Waals surface area (Å²) in [5.74, 6) is -1.10. The van der Waals surface area contributed by atoms with Gasteiger partial charge in [-0.05, 0) is 24.3 Å². The first-order valence-corrected chi connectivity index (χ1v) is 8.82. The Morgan fingerprint density at radius 1 is 1.03 bits per heavy atom. The van der Waals surface area contributed by atoms with Crippen LogP contribution in [0.4, 0.5) is 5.69 Å². The van der Waals surface area contributed by atoms with Gasteiger partial charge in [0.2, 0.25) is 11.8 Å². The minimum Gasteiger partial charge on any atom is -0.493 e. The second kappa shape index (κ2) is 8.16. The molecule has 4 N–H and O–H groups in total. The van der Waals surface area contributed by atoms with Gasteiger partial charge in [-0.3, -0.25) is 9.78 Å². The Hall–Kier alpha value is -3.00. The van der Waals surface area contributed by atoms with Gasteiger partial charge < -0.3 is 15.5 Å². The number of carbonyl (C=O) groups excluding carboxylic acids is 1. The van der Waals surface area contributed by atoms with Gasteiger partial charge in [-0.15, -0.1) is 17.5 Å². The van der Waals surface area contributed by atoms with Crippen molar-refractivity contribution in [1.29, 1.82) is 0 Å². The van der Waals surface area contributed by atoms with Crippen LogP contribution >= 0.6 is 35.6 Å². The summed E-state index contributed by atoms with van der Waals surface area (Å²) in [6, 6.07) is 11.6. The number of nitrogens with one attached hydrogen (secondary N) is 2. The molecule has 0 saturated carbocycles. The third-order valence-corrected chi connectivity index (χ3v) is 4.84. The molecule has 0 aliphatic heterocycles. The summed E-state index contributed by atoms with van der Waals surface area (Å²) in [4.78, 5) is 17.0. The number of para-hydroxylation sites is 1. The third-order valence-electron chi connectivity index (χ3n) is 4.21. The molecule has 0 unspecified atom stereocenters. The highest BCUT2D eigenvalue weighted by molar-refractivity contribution is 6.40. The van der Waals surface area contributed by atoms with Gasteiger partial charge in [-0.1, -0.05) is 41.4 Å². The number of fused-ring (bicyclic) bond motifs is 1. The van der Waals surface area contributed by atoms with Crippen LogP contribution in [0.1, 0.15) is 10.4 Å². The number of H-pyrrole nitrogens is 1. The average Bonchev–Trinajstić information content (AvgIpc) is 3.00. The lowest BCUT2D eigenvalue weighted by Gasteiger charge is -2.12. The maximum absolute atomic E-state index is 12.7. The van der Waals surface area contributed by atoms with Crippen LogP contribution in [-0.2, 0) is 0 Å². The van der Waals surface area contributed by atoms with E-state index in [0.29, 0.717) is 22.2 Å². The van der Waals surface area contributed by atoms with Crippen molar-refractivity contribution in [2.75, 3.05) is 5.32 Å². The zero-order valence-electron chi connectivity index (χ0n) is 14.5. The van der Waals surface area contributed by atoms with Crippen molar-refractivity contribution in [2.24, 2.45) is 0 Å². The summed E-state index contributed by atoms with van der Waals surface area (Å²) in [5.41, 5.74) is 1.68. The van der Waals surface area contributed by atoms with Gasteiger partial charge in [0, 0.05) is 17.1 Å². The Morgan fingerprint density at radius 3 is 2.38 bits per heavy atom. The molecule has 0 saturated heterocycles. The molecular formula is C19H13Cl3N4O3. The molecule has 148 valence electrons. The van der Waals surface area contributed by atoms with Crippen molar-refractivity contribution in [3.63, 3.8) is 0 Å². The molecular weight excluding hydrogens is 439 g/mol. The fourth-order valence-electron chi connectivity index (χ4n) is 2.97. The predicted octanol–water partition coefficient (Wildman–Crippen LogP) is 5.02. The Bertz CT molecular complexity index is 1190. The number of carbonyl (C=O) groups is 1. The molecule has 0 bridgehead atoms. The summed E-state index contributed by atoms with van der Waals surface area (Å²) in [6.07, 6.45) is 1.50. The van der Waals surface area contributed by atoms with Crippen LogP contribution in [0.25, 0.3) is 22.0 Å². The number of anilines is 1. The number of aromatic hydroxyl groups is 2. The van der Waals surface area contributed by atoms with Crippen LogP contribution in [0.2, 0.25) is 10.0 Å². The number of pyridine rings is 1. The second-order valence-corrected chi connectivity index (χ2v) is 6.70. The second-order valence-electron chi connectivity index (χ2n) is 5.88. The number of nitrogens with zero attached hydrogens (tertiary/aromatic N) is 2. The first kappa shape index (κ1) is 20.7. The standard InChI is InChI=1S/C19H12Cl2N4O3.ClH/c20-11-4-2-5-12(21)15(11)17(26)23-13-6-1-3-10-9(7-8-22-16(10)13)14-18(27)24-25-19(14)28;/h1-8H,(H,23,26)(H3,24,25,27,28);1H. The molecule has 2 aromatic carbocycles. The van der Waals surface area contributed by atoms with Crippen molar-refractivity contribution in [1.82, 2.24) is 15.2 Å². The van der Waals surface area contributed by atoms with Crippen molar-refractivity contribution in [3.8, 4) is 22.9 Å². The van der Waals surface area contributed by atoms with E-state index in [1.165, 1.54) is 6.20 Å². The van der Waals surface area contributed by atoms with Crippen molar-refractivity contribution in [2.45, 2.75) is 0 Å². The molecule has 0 aliphatic rings. The smallest absolute Gasteiger partial charge is 0.258 e. The van der Waals surface area contributed by atoms with Crippen LogP contribution in [0, 0.1) is 0 Å². The number of hydrogen-bond donors (Lipinski definition) is 4. The van der Waals surface area contributed by atoms with E-state index in [9.17, 15) is 15.0 Å². The Labute approximate surface area is 180 Å². The largest absolute Gasteiger partial charge is 0.493 e. The zero-order valence-corrected chi connectivity index (χ0v) is 16.8. The minimum absolute atomic E-state index is 0. The maximum Gasteiger partial charge on any atom is 0.258 e. The van der Waals surface area contributed by atoms with Gasteiger partial charge in [0.15, 0.2) is 0 Å². The number of aromatic amines is 1. The molecule has 7 nitrogen and oxygen atoms in total. The van der Waals surface area contributed by atoms with Crippen LogP contribution in [0.5, 0.6) is 11.8 Å². The van der Waals surface area contributed by atoms with Crippen LogP contribution < -0.4 is 5.32 Å².